The van der Waals surface area contributed by atoms with Crippen LogP contribution in [0.25, 0.3) is 0 Å². The molecule has 0 N–H and O–H groups in total. The van der Waals surface area contributed by atoms with Gasteiger partial charge in [-0.25, -0.2) is 4.79 Å². The van der Waals surface area contributed by atoms with Crippen LogP contribution in [0.1, 0.15) is 24.2 Å². The summed E-state index contributed by atoms with van der Waals surface area (Å²) in [4.78, 5) is 25.2. The van der Waals surface area contributed by atoms with E-state index in [1.807, 2.05) is 13.8 Å². The summed E-state index contributed by atoms with van der Waals surface area (Å²) in [7, 11) is 3.00. The van der Waals surface area contributed by atoms with Gasteiger partial charge in [0.05, 0.1) is 24.1 Å². The molecule has 0 spiro atoms. The van der Waals surface area contributed by atoms with Gasteiger partial charge in [0.25, 0.3) is 0 Å². The van der Waals surface area contributed by atoms with Crippen molar-refractivity contribution in [1.82, 2.24) is 0 Å². The number of hydrogen-bond acceptors (Lipinski definition) is 4. The number of esters is 1. The average Bonchev–Trinajstić information content (AvgIpc) is 2.42. The van der Waals surface area contributed by atoms with E-state index in [1.54, 1.807) is 43.1 Å². The Bertz CT molecular complexity index is 460. The number of ether oxygens (including phenoxy) is 1. The lowest BCUT2D eigenvalue weighted by atomic mass is 10.1. The summed E-state index contributed by atoms with van der Waals surface area (Å²) < 4.78 is 4.72. The van der Waals surface area contributed by atoms with Crippen LogP contribution in [-0.4, -0.2) is 37.0 Å². The number of methoxy groups -OCH3 is 1. The minimum atomic E-state index is -0.438. The number of hydrogen-bond donors (Lipinski definition) is 0. The van der Waals surface area contributed by atoms with Gasteiger partial charge in [-0.05, 0) is 17.4 Å². The van der Waals surface area contributed by atoms with Crippen molar-refractivity contribution in [3.63, 3.8) is 0 Å². The van der Waals surface area contributed by atoms with Crippen molar-refractivity contribution >= 4 is 29.3 Å². The molecule has 4 nitrogen and oxygen atoms in total. The lowest BCUT2D eigenvalue weighted by Crippen LogP contribution is -2.30. The van der Waals surface area contributed by atoms with Crippen molar-refractivity contribution in [3.05, 3.63) is 29.8 Å². The second-order valence-electron chi connectivity index (χ2n) is 4.32. The number of thioether (sulfide) groups is 1. The van der Waals surface area contributed by atoms with Crippen molar-refractivity contribution in [2.45, 2.75) is 19.1 Å². The Balaban J connectivity index is 2.90. The number of carbonyl (C=O) groups is 2. The zero-order valence-corrected chi connectivity index (χ0v) is 12.5. The maximum Gasteiger partial charge on any atom is 0.339 e. The molecule has 1 aromatic carbocycles. The van der Waals surface area contributed by atoms with Crippen molar-refractivity contribution in [1.29, 1.82) is 0 Å². The predicted octanol–water partition coefficient (Wildman–Crippen LogP) is 2.58. The van der Waals surface area contributed by atoms with E-state index in [1.165, 1.54) is 12.0 Å². The normalized spacial score (nSPS) is 10.4. The summed E-state index contributed by atoms with van der Waals surface area (Å²) in [5, 5.41) is 0.396. The minimum absolute atomic E-state index is 0.0324. The molecule has 0 saturated heterocycles. The minimum Gasteiger partial charge on any atom is -0.465 e. The fourth-order valence-electron chi connectivity index (χ4n) is 1.52. The van der Waals surface area contributed by atoms with Crippen LogP contribution in [0.5, 0.6) is 0 Å². The fraction of sp³-hybridized carbons (Fsp3) is 0.429. The fourth-order valence-corrected chi connectivity index (χ4v) is 2.19. The molecule has 1 aromatic rings. The third-order valence-corrected chi connectivity index (χ3v) is 3.67. The van der Waals surface area contributed by atoms with Crippen LogP contribution >= 0.6 is 11.8 Å². The van der Waals surface area contributed by atoms with Gasteiger partial charge in [-0.1, -0.05) is 26.0 Å². The number of benzene rings is 1. The molecule has 0 bridgehead atoms. The molecule has 0 radical (unpaired) electrons. The number of nitrogens with zero attached hydrogens (tertiary/aromatic N) is 1. The highest BCUT2D eigenvalue weighted by Crippen LogP contribution is 2.21. The quantitative estimate of drug-likeness (QED) is 0.778. The molecule has 5 heteroatoms. The molecular formula is C14H19NO3S. The standard InChI is InChI=1S/C14H19NO3S/c1-10(2)19-9-13(16)15(3)12-8-6-5-7-11(12)14(17)18-4/h5-8,10H,9H2,1-4H3. The highest BCUT2D eigenvalue weighted by Gasteiger charge is 2.18. The number of para-hydroxylation sites is 1. The zero-order chi connectivity index (χ0) is 14.4. The third-order valence-electron chi connectivity index (χ3n) is 2.58. The number of carbonyl (C=O) groups excluding carboxylic acids is 2. The van der Waals surface area contributed by atoms with E-state index < -0.39 is 5.97 Å². The molecule has 0 saturated carbocycles. The molecule has 104 valence electrons. The molecule has 1 rings (SSSR count). The first-order valence-corrected chi connectivity index (χ1v) is 7.07. The summed E-state index contributed by atoms with van der Waals surface area (Å²) in [6.45, 7) is 4.08. The molecule has 0 unspecified atom stereocenters. The van der Waals surface area contributed by atoms with Crippen LogP contribution in [0.4, 0.5) is 5.69 Å². The Hall–Kier alpha value is -1.49. The molecule has 0 aromatic heterocycles. The predicted molar refractivity (Wildman–Crippen MR) is 78.8 cm³/mol. The van der Waals surface area contributed by atoms with Gasteiger partial charge >= 0.3 is 5.97 Å². The molecule has 19 heavy (non-hydrogen) atoms. The Labute approximate surface area is 118 Å². The number of rotatable bonds is 5. The van der Waals surface area contributed by atoms with E-state index in [2.05, 4.69) is 0 Å². The van der Waals surface area contributed by atoms with Crippen molar-refractivity contribution < 1.29 is 14.3 Å². The molecule has 0 aliphatic rings. The van der Waals surface area contributed by atoms with Gasteiger partial charge in [0, 0.05) is 7.05 Å². The average molecular weight is 281 g/mol. The monoisotopic (exact) mass is 281 g/mol. The lowest BCUT2D eigenvalue weighted by molar-refractivity contribution is -0.115. The van der Waals surface area contributed by atoms with Crippen molar-refractivity contribution in [2.75, 3.05) is 24.8 Å². The first-order chi connectivity index (χ1) is 8.97. The van der Waals surface area contributed by atoms with E-state index in [9.17, 15) is 9.59 Å². The first-order valence-electron chi connectivity index (χ1n) is 6.03. The molecule has 0 fully saturated rings. The van der Waals surface area contributed by atoms with Crippen molar-refractivity contribution in [2.24, 2.45) is 0 Å². The van der Waals surface area contributed by atoms with Crippen LogP contribution in [0.15, 0.2) is 24.3 Å². The van der Waals surface area contributed by atoms with Crippen LogP contribution < -0.4 is 4.90 Å². The molecular weight excluding hydrogens is 262 g/mol. The van der Waals surface area contributed by atoms with Gasteiger partial charge in [-0.3, -0.25) is 4.79 Å². The van der Waals surface area contributed by atoms with E-state index in [-0.39, 0.29) is 5.91 Å². The third kappa shape index (κ3) is 4.28. The largest absolute Gasteiger partial charge is 0.465 e. The number of amides is 1. The van der Waals surface area contributed by atoms with Gasteiger partial charge < -0.3 is 9.64 Å². The Morgan fingerprint density at radius 2 is 1.95 bits per heavy atom. The van der Waals surface area contributed by atoms with Gasteiger partial charge in [0.15, 0.2) is 0 Å². The van der Waals surface area contributed by atoms with Gasteiger partial charge in [0.2, 0.25) is 5.91 Å². The maximum atomic E-state index is 12.1. The van der Waals surface area contributed by atoms with Crippen molar-refractivity contribution in [3.8, 4) is 0 Å². The SMILES string of the molecule is COC(=O)c1ccccc1N(C)C(=O)CSC(C)C. The Morgan fingerprint density at radius 3 is 2.53 bits per heavy atom. The molecule has 0 atom stereocenters. The lowest BCUT2D eigenvalue weighted by Gasteiger charge is -2.20. The Kier molecular flexibility index (Phi) is 5.89. The highest BCUT2D eigenvalue weighted by atomic mass is 32.2. The topological polar surface area (TPSA) is 46.6 Å². The summed E-state index contributed by atoms with van der Waals surface area (Å²) in [5.74, 6) is -0.0780. The van der Waals surface area contributed by atoms with Gasteiger partial charge in [-0.2, -0.15) is 0 Å². The van der Waals surface area contributed by atoms with Gasteiger partial charge in [0.1, 0.15) is 0 Å². The summed E-state index contributed by atoms with van der Waals surface area (Å²) in [5.41, 5.74) is 0.971. The zero-order valence-electron chi connectivity index (χ0n) is 11.7. The van der Waals surface area contributed by atoms with E-state index in [4.69, 9.17) is 4.74 Å². The first kappa shape index (κ1) is 15.6. The molecule has 1 amide bonds. The van der Waals surface area contributed by atoms with Crippen LogP contribution in [0.2, 0.25) is 0 Å². The highest BCUT2D eigenvalue weighted by molar-refractivity contribution is 8.00. The van der Waals surface area contributed by atoms with Crippen LogP contribution in [0, 0.1) is 0 Å². The molecule has 0 aliphatic carbocycles. The summed E-state index contributed by atoms with van der Waals surface area (Å²) >= 11 is 1.57. The summed E-state index contributed by atoms with van der Waals surface area (Å²) in [6, 6.07) is 6.93. The smallest absolute Gasteiger partial charge is 0.339 e. The molecule has 0 aliphatic heterocycles. The maximum absolute atomic E-state index is 12.1. The van der Waals surface area contributed by atoms with Crippen LogP contribution in [0.3, 0.4) is 0 Å². The van der Waals surface area contributed by atoms with E-state index in [0.717, 1.165) is 0 Å². The number of anilines is 1. The van der Waals surface area contributed by atoms with E-state index >= 15 is 0 Å². The van der Waals surface area contributed by atoms with Crippen LogP contribution in [-0.2, 0) is 9.53 Å². The second-order valence-corrected chi connectivity index (χ2v) is 5.89. The van der Waals surface area contributed by atoms with E-state index in [0.29, 0.717) is 22.3 Å². The molecule has 0 heterocycles. The Morgan fingerprint density at radius 1 is 1.32 bits per heavy atom. The summed E-state index contributed by atoms with van der Waals surface area (Å²) in [6.07, 6.45) is 0. The van der Waals surface area contributed by atoms with Gasteiger partial charge in [-0.15, -0.1) is 11.8 Å². The second kappa shape index (κ2) is 7.19.